The van der Waals surface area contributed by atoms with Gasteiger partial charge in [-0.15, -0.1) is 38.5 Å². The molecular formula is C73H102Cl2Cs2N23O11+. The summed E-state index contributed by atoms with van der Waals surface area (Å²) >= 11 is 10.8. The number of carbonyl (C=O) groups excluding carboxylic acids is 3. The van der Waals surface area contributed by atoms with Gasteiger partial charge in [0, 0.05) is 101 Å². The number of halogens is 2. The zero-order valence-electron chi connectivity index (χ0n) is 65.9. The molecule has 6 aromatic heterocycles. The van der Waals surface area contributed by atoms with Crippen molar-refractivity contribution in [2.24, 2.45) is 0 Å². The van der Waals surface area contributed by atoms with Crippen LogP contribution in [0, 0.1) is 11.3 Å². The summed E-state index contributed by atoms with van der Waals surface area (Å²) < 4.78 is 25.6. The average Bonchev–Trinajstić information content (AvgIpc) is 1.75. The molecular weight excluding hydrogens is 1710 g/mol. The van der Waals surface area contributed by atoms with E-state index >= 15 is 0 Å². The van der Waals surface area contributed by atoms with Gasteiger partial charge in [0.25, 0.3) is 6.47 Å². The number of carbonyl (C=O) groups is 4. The number of rotatable bonds is 24. The van der Waals surface area contributed by atoms with Gasteiger partial charge in [-0.1, -0.05) is 36.4 Å². The van der Waals surface area contributed by atoms with Crippen molar-refractivity contribution in [2.75, 3.05) is 88.4 Å². The van der Waals surface area contributed by atoms with E-state index in [0.717, 1.165) is 118 Å². The molecule has 14 rings (SSSR count). The SMILES string of the molecule is C1CCOC1.CC#N.CCN(CC)CC.COc1ccc(-n2nnc3cnc(N[C@@H]4CC[C@@H](N5CCCC5=O)C4)nc32)cc1.COc1ccc(-n2nnc3cnc(N[C@@H]4CC[C@@H](NC(=O)CCCCl)C4)nc32)cc1.COc1ccc(-n2nnc3cnc(N[C@@H]4CC[C@@H]([NH3+])C4)nc32)cc1.O=C(O)CCCCl.O=CO[O-].[Cs+].[Cs+].[H-]. The number of nitrogens with zero attached hydrogens (tertiary/aromatic N) is 18. The topological polar surface area (TPSA) is 433 Å². The Morgan fingerprint density at radius 2 is 1.03 bits per heavy atom. The molecule has 0 radical (unpaired) electrons. The molecule has 6 atom stereocenters. The Balaban J connectivity index is 0.000000302. The first kappa shape index (κ1) is 95.4. The maximum atomic E-state index is 12.0. The molecule has 0 spiro atoms. The van der Waals surface area contributed by atoms with Crippen molar-refractivity contribution in [1.82, 2.24) is 90.0 Å². The first-order valence-corrected chi connectivity index (χ1v) is 37.7. The fourth-order valence-corrected chi connectivity index (χ4v) is 12.7. The van der Waals surface area contributed by atoms with Crippen molar-refractivity contribution < 1.29 is 198 Å². The number of likely N-dealkylation sites (tertiary alicyclic amines) is 1. The maximum Gasteiger partial charge on any atom is 1.00 e. The molecule has 38 heteroatoms. The molecule has 9 aromatic rings. The van der Waals surface area contributed by atoms with Crippen LogP contribution >= 0.6 is 23.2 Å². The summed E-state index contributed by atoms with van der Waals surface area (Å²) in [5, 5.41) is 62.1. The summed E-state index contributed by atoms with van der Waals surface area (Å²) in [7, 11) is 4.91. The number of benzene rings is 3. The molecule has 3 saturated carbocycles. The zero-order valence-corrected chi connectivity index (χ0v) is 79.0. The van der Waals surface area contributed by atoms with Crippen molar-refractivity contribution >= 4 is 98.8 Å². The molecule has 2 saturated heterocycles. The van der Waals surface area contributed by atoms with Gasteiger partial charge in [0.1, 0.15) is 17.2 Å². The van der Waals surface area contributed by atoms with E-state index in [-0.39, 0.29) is 176 Å². The normalized spacial score (nSPS) is 17.6. The van der Waals surface area contributed by atoms with Gasteiger partial charge in [-0.25, -0.2) is 15.0 Å². The van der Waals surface area contributed by atoms with E-state index in [1.165, 1.54) is 39.4 Å². The van der Waals surface area contributed by atoms with Crippen molar-refractivity contribution in [3.8, 4) is 40.4 Å². The van der Waals surface area contributed by atoms with Crippen LogP contribution in [-0.4, -0.2) is 223 Å². The molecule has 0 unspecified atom stereocenters. The predicted molar refractivity (Wildman–Crippen MR) is 411 cm³/mol. The van der Waals surface area contributed by atoms with Crippen LogP contribution in [0.2, 0.25) is 0 Å². The van der Waals surface area contributed by atoms with Crippen LogP contribution in [0.15, 0.2) is 91.4 Å². The molecule has 34 nitrogen and oxygen atoms in total. The third-order valence-electron chi connectivity index (χ3n) is 18.1. The van der Waals surface area contributed by atoms with Gasteiger partial charge in [0.2, 0.25) is 29.7 Å². The van der Waals surface area contributed by atoms with E-state index in [0.29, 0.717) is 113 Å². The number of ether oxygens (including phenoxy) is 4. The molecule has 5 fully saturated rings. The minimum atomic E-state index is -0.777. The number of fused-ring (bicyclic) bond motifs is 3. The number of methoxy groups -OCH3 is 3. The first-order chi connectivity index (χ1) is 53.0. The molecule has 8 heterocycles. The molecule has 3 aliphatic carbocycles. The second kappa shape index (κ2) is 53.0. The summed E-state index contributed by atoms with van der Waals surface area (Å²) in [6.45, 7) is 14.3. The van der Waals surface area contributed by atoms with E-state index in [1.807, 2.05) is 72.8 Å². The third kappa shape index (κ3) is 31.5. The Bertz CT molecular complexity index is 4230. The summed E-state index contributed by atoms with van der Waals surface area (Å²) in [4.78, 5) is 76.3. The van der Waals surface area contributed by atoms with Gasteiger partial charge >= 0.3 is 144 Å². The summed E-state index contributed by atoms with van der Waals surface area (Å²) in [6, 6.07) is 26.3. The Morgan fingerprint density at radius 3 is 1.35 bits per heavy atom. The number of hydrogen-bond donors (Lipinski definition) is 6. The van der Waals surface area contributed by atoms with Crippen LogP contribution in [0.3, 0.4) is 0 Å². The minimum Gasteiger partial charge on any atom is -1.00 e. The smallest absolute Gasteiger partial charge is 1.00 e. The molecule has 8 N–H and O–H groups in total. The number of amides is 2. The molecule has 2 amide bonds. The van der Waals surface area contributed by atoms with Gasteiger partial charge in [-0.2, -0.15) is 34.3 Å². The molecule has 3 aromatic carbocycles. The van der Waals surface area contributed by atoms with Gasteiger partial charge in [0.15, 0.2) is 33.5 Å². The number of aliphatic carboxylic acids is 1. The number of alkyl halides is 2. The summed E-state index contributed by atoms with van der Waals surface area (Å²) in [6.07, 6.45) is 20.2. The quantitative estimate of drug-likeness (QED) is 0.0218. The van der Waals surface area contributed by atoms with Crippen LogP contribution in [0.25, 0.3) is 50.6 Å². The molecule has 111 heavy (non-hydrogen) atoms. The Hall–Kier alpha value is -6.21. The van der Waals surface area contributed by atoms with E-state index in [9.17, 15) is 14.4 Å². The van der Waals surface area contributed by atoms with Gasteiger partial charge in [-0.05, 0) is 169 Å². The van der Waals surface area contributed by atoms with E-state index in [2.05, 4.69) is 123 Å². The molecule has 0 bridgehead atoms. The second-order valence-electron chi connectivity index (χ2n) is 25.6. The number of nitriles is 1. The van der Waals surface area contributed by atoms with Crippen molar-refractivity contribution in [3.63, 3.8) is 0 Å². The van der Waals surface area contributed by atoms with Crippen molar-refractivity contribution in [3.05, 3.63) is 91.4 Å². The van der Waals surface area contributed by atoms with Gasteiger partial charge < -0.3 is 72.4 Å². The number of carboxylic acid groups (broad SMARTS) is 1. The Morgan fingerprint density at radius 1 is 0.640 bits per heavy atom. The largest absolute Gasteiger partial charge is 1.00 e. The maximum absolute atomic E-state index is 12.0. The van der Waals surface area contributed by atoms with E-state index < -0.39 is 5.97 Å². The molecule has 2 aliphatic heterocycles. The fraction of sp³-hybridized carbons (Fsp3) is 0.521. The standard InChI is InChI=1S/C20H24ClN7O2.C20H23N7O2.C16H19N7O.C6H15N.C4H7ClO2.C4H8O.C2H3N.CH2O3.2Cs.H/c1-30-16-8-6-15(7-9-16)28-19-17(26-27-28)12-22-20(25-19)24-14-5-4-13(11-14)23-18(29)3-2-10-21;1-29-16-8-6-14(7-9-16)27-19-17(24-25-27)12-21-20(23-19)22-13-4-5-15(11-13)26-10-2-3-18(26)28;1-24-13-6-4-12(5-7-13)23-15-14(21-22-23)9-18-16(20-15)19-11-3-2-10(17)8-11;1-4-7(5-2)6-3;5-3-1-2-4(6)7;1-2-4-5-3-1;1-2-3;2-1-4-3;;;/h6-9,12-14H,2-5,10-11H2,1H3,(H,23,29)(H,22,24,25);6-9,12-13,15H,2-5,10-11H2,1H3,(H,21,22,23);4-7,9-11H,2-3,8,17H2,1H3,(H,18,19,20);4-6H2,1-3H3;1-3H2,(H,6,7);1-4H2;1H3;1,3H;;;/q;;;;;;;;2*+1;-1/t13-,14-;13-,15-;10-,11-;;;;;;;;/m111......../s1. The van der Waals surface area contributed by atoms with E-state index in [1.54, 1.807) is 60.0 Å². The van der Waals surface area contributed by atoms with E-state index in [4.69, 9.17) is 62.6 Å². The van der Waals surface area contributed by atoms with Crippen LogP contribution < -0.4 is 184 Å². The van der Waals surface area contributed by atoms with Crippen LogP contribution in [0.4, 0.5) is 17.8 Å². The van der Waals surface area contributed by atoms with Crippen LogP contribution in [0.1, 0.15) is 138 Å². The summed E-state index contributed by atoms with van der Waals surface area (Å²) in [5.41, 5.74) is 10.6. The van der Waals surface area contributed by atoms with Crippen LogP contribution in [-0.2, 0) is 28.8 Å². The number of carboxylic acids is 1. The monoisotopic (exact) mass is 1810 g/mol. The zero-order chi connectivity index (χ0) is 78.3. The average molecular weight is 1810 g/mol. The number of aromatic nitrogens is 15. The Labute approximate surface area is 775 Å². The molecule has 590 valence electrons. The first-order valence-electron chi connectivity index (χ1n) is 36.6. The number of anilines is 3. The molecule has 5 aliphatic rings. The van der Waals surface area contributed by atoms with Crippen molar-refractivity contribution in [2.45, 2.75) is 173 Å². The fourth-order valence-electron chi connectivity index (χ4n) is 12.4. The van der Waals surface area contributed by atoms with Crippen LogP contribution in [0.5, 0.6) is 17.2 Å². The second-order valence-corrected chi connectivity index (χ2v) is 26.3. The van der Waals surface area contributed by atoms with Gasteiger partial charge in [-0.3, -0.25) is 19.2 Å². The number of quaternary nitrogens is 1. The Kier molecular flexibility index (Phi) is 45.6. The predicted octanol–water partition coefficient (Wildman–Crippen LogP) is 1.98. The van der Waals surface area contributed by atoms with Crippen molar-refractivity contribution in [1.29, 1.82) is 5.26 Å². The van der Waals surface area contributed by atoms with Gasteiger partial charge in [0.05, 0.1) is 69.1 Å². The summed E-state index contributed by atoms with van der Waals surface area (Å²) in [5.74, 6) is 4.57. The number of hydrogen-bond acceptors (Lipinski definition) is 27. The third-order valence-corrected chi connectivity index (χ3v) is 18.6. The number of nitrogens with one attached hydrogen (secondary N) is 4. The minimum absolute atomic E-state index is 0.